The lowest BCUT2D eigenvalue weighted by molar-refractivity contribution is 0.595. The molecule has 0 amide bonds. The monoisotopic (exact) mass is 795 g/mol. The van der Waals surface area contributed by atoms with Gasteiger partial charge in [-0.25, -0.2) is 0 Å². The summed E-state index contributed by atoms with van der Waals surface area (Å²) in [5.74, 6) is 0. The lowest BCUT2D eigenvalue weighted by atomic mass is 9.77. The Morgan fingerprint density at radius 2 is 1.03 bits per heavy atom. The summed E-state index contributed by atoms with van der Waals surface area (Å²) in [6, 6.07) is 71.7. The van der Waals surface area contributed by atoms with E-state index in [1.807, 2.05) is 24.3 Å². The van der Waals surface area contributed by atoms with Crippen LogP contribution < -0.4 is 4.90 Å². The van der Waals surface area contributed by atoms with Gasteiger partial charge in [0.15, 0.2) is 0 Å². The Kier molecular flexibility index (Phi) is 8.36. The van der Waals surface area contributed by atoms with Gasteiger partial charge < -0.3 is 13.7 Å². The lowest BCUT2D eigenvalue weighted by Gasteiger charge is -2.33. The SMILES string of the molecule is CC1(c2ccccc2)C=CC(N(c2ccc(-c3cccc4oc5ccccc5c34)cc2)c2cccc(-c3ccc(-c4ccc5ccc6oc7ccccc7c6c5c4)cc3)c2)=CC1. The van der Waals surface area contributed by atoms with Gasteiger partial charge in [0.2, 0.25) is 0 Å². The van der Waals surface area contributed by atoms with E-state index in [2.05, 4.69) is 206 Å². The quantitative estimate of drug-likeness (QED) is 0.161. The van der Waals surface area contributed by atoms with E-state index in [1.165, 1.54) is 44.0 Å². The maximum Gasteiger partial charge on any atom is 0.136 e. The first-order valence-corrected chi connectivity index (χ1v) is 21.4. The van der Waals surface area contributed by atoms with Crippen molar-refractivity contribution in [3.05, 3.63) is 230 Å². The second-order valence-corrected chi connectivity index (χ2v) is 16.7. The minimum absolute atomic E-state index is 0.0840. The summed E-state index contributed by atoms with van der Waals surface area (Å²) in [4.78, 5) is 2.39. The maximum absolute atomic E-state index is 6.25. The van der Waals surface area contributed by atoms with E-state index in [9.17, 15) is 0 Å². The van der Waals surface area contributed by atoms with Crippen LogP contribution in [0.5, 0.6) is 0 Å². The number of para-hydroxylation sites is 2. The van der Waals surface area contributed by atoms with Gasteiger partial charge in [0, 0.05) is 44.0 Å². The van der Waals surface area contributed by atoms with Gasteiger partial charge in [-0.3, -0.25) is 0 Å². The highest BCUT2D eigenvalue weighted by atomic mass is 16.3. The van der Waals surface area contributed by atoms with E-state index >= 15 is 0 Å². The highest BCUT2D eigenvalue weighted by Crippen LogP contribution is 2.42. The number of hydrogen-bond acceptors (Lipinski definition) is 3. The molecule has 1 unspecified atom stereocenters. The van der Waals surface area contributed by atoms with Crippen molar-refractivity contribution >= 4 is 66.0 Å². The number of nitrogens with zero attached hydrogens (tertiary/aromatic N) is 1. The molecule has 3 heteroatoms. The van der Waals surface area contributed by atoms with Gasteiger partial charge in [0.1, 0.15) is 22.3 Å². The van der Waals surface area contributed by atoms with Crippen molar-refractivity contribution < 1.29 is 8.83 Å². The van der Waals surface area contributed by atoms with E-state index in [0.717, 1.165) is 73.1 Å². The van der Waals surface area contributed by atoms with Crippen LogP contribution in [0, 0.1) is 0 Å². The second-order valence-electron chi connectivity index (χ2n) is 16.7. The first-order chi connectivity index (χ1) is 30.6. The Hall–Kier alpha value is -7.88. The van der Waals surface area contributed by atoms with Crippen molar-refractivity contribution in [1.29, 1.82) is 0 Å². The average Bonchev–Trinajstić information content (AvgIpc) is 3.92. The summed E-state index contributed by atoms with van der Waals surface area (Å²) in [6.07, 6.45) is 7.96. The molecule has 1 aliphatic rings. The van der Waals surface area contributed by atoms with Gasteiger partial charge in [-0.1, -0.05) is 165 Å². The predicted molar refractivity (Wildman–Crippen MR) is 259 cm³/mol. The van der Waals surface area contributed by atoms with Gasteiger partial charge in [-0.05, 0) is 117 Å². The van der Waals surface area contributed by atoms with Crippen molar-refractivity contribution in [3.63, 3.8) is 0 Å². The zero-order valence-corrected chi connectivity index (χ0v) is 34.3. The molecule has 0 N–H and O–H groups in total. The average molecular weight is 796 g/mol. The number of rotatable bonds is 7. The summed E-state index contributed by atoms with van der Waals surface area (Å²) in [5.41, 5.74) is 15.2. The zero-order valence-electron chi connectivity index (χ0n) is 34.3. The highest BCUT2D eigenvalue weighted by Gasteiger charge is 2.27. The minimum Gasteiger partial charge on any atom is -0.456 e. The molecule has 294 valence electrons. The minimum atomic E-state index is -0.0840. The Bertz CT molecular complexity index is 3550. The predicted octanol–water partition coefficient (Wildman–Crippen LogP) is 16.6. The number of hydrogen-bond donors (Lipinski definition) is 0. The van der Waals surface area contributed by atoms with Crippen molar-refractivity contribution in [3.8, 4) is 33.4 Å². The van der Waals surface area contributed by atoms with Crippen LogP contribution in [0.2, 0.25) is 0 Å². The fourth-order valence-corrected chi connectivity index (χ4v) is 9.58. The molecule has 0 fully saturated rings. The van der Waals surface area contributed by atoms with E-state index < -0.39 is 0 Å². The van der Waals surface area contributed by atoms with Crippen molar-refractivity contribution in [2.75, 3.05) is 4.90 Å². The molecule has 2 heterocycles. The molecule has 0 aliphatic heterocycles. The molecule has 2 aromatic heterocycles. The van der Waals surface area contributed by atoms with Crippen LogP contribution in [0.1, 0.15) is 18.9 Å². The molecule has 12 rings (SSSR count). The second kappa shape index (κ2) is 14.4. The number of anilines is 2. The van der Waals surface area contributed by atoms with Crippen LogP contribution in [0.3, 0.4) is 0 Å². The summed E-state index contributed by atoms with van der Waals surface area (Å²) < 4.78 is 12.5. The molecule has 62 heavy (non-hydrogen) atoms. The molecule has 0 radical (unpaired) electrons. The third kappa shape index (κ3) is 6.04. The Balaban J connectivity index is 0.906. The Labute approximate surface area is 360 Å². The molecular formula is C59H41NO2. The molecule has 0 spiro atoms. The Morgan fingerprint density at radius 3 is 1.76 bits per heavy atom. The van der Waals surface area contributed by atoms with Crippen LogP contribution in [0.25, 0.3) is 88.0 Å². The third-order valence-electron chi connectivity index (χ3n) is 12.9. The van der Waals surface area contributed by atoms with Gasteiger partial charge in [0.25, 0.3) is 0 Å². The smallest absolute Gasteiger partial charge is 0.136 e. The van der Waals surface area contributed by atoms with Crippen LogP contribution in [-0.4, -0.2) is 0 Å². The van der Waals surface area contributed by atoms with E-state index in [4.69, 9.17) is 8.83 Å². The summed E-state index contributed by atoms with van der Waals surface area (Å²) >= 11 is 0. The molecule has 1 atom stereocenters. The maximum atomic E-state index is 6.25. The third-order valence-corrected chi connectivity index (χ3v) is 12.9. The molecule has 1 aliphatic carbocycles. The largest absolute Gasteiger partial charge is 0.456 e. The number of allylic oxidation sites excluding steroid dienone is 3. The van der Waals surface area contributed by atoms with Crippen LogP contribution in [-0.2, 0) is 5.41 Å². The van der Waals surface area contributed by atoms with Crippen LogP contribution in [0.4, 0.5) is 11.4 Å². The summed E-state index contributed by atoms with van der Waals surface area (Å²) in [7, 11) is 0. The van der Waals surface area contributed by atoms with Gasteiger partial charge in [-0.2, -0.15) is 0 Å². The van der Waals surface area contributed by atoms with Crippen molar-refractivity contribution in [2.24, 2.45) is 0 Å². The zero-order chi connectivity index (χ0) is 41.2. The standard InChI is InChI=1S/C59H41NO2/c1-59(45-12-3-2-4-13-45)35-33-47(34-36-59)60(46-30-27-41(28-31-46)49-17-10-20-55-57(49)50-15-5-7-18-53(50)61-55)48-14-9-11-43(37-48)39-21-23-40(24-22-39)44-26-25-42-29-32-56-58(52(42)38-44)51-16-6-8-19-54(51)62-56/h2-35,37-38H,36H2,1H3. The molecule has 9 aromatic carbocycles. The lowest BCUT2D eigenvalue weighted by Crippen LogP contribution is -2.24. The number of furan rings is 2. The van der Waals surface area contributed by atoms with E-state index in [-0.39, 0.29) is 5.41 Å². The molecule has 0 bridgehead atoms. The molecule has 3 nitrogen and oxygen atoms in total. The summed E-state index contributed by atoms with van der Waals surface area (Å²) in [5, 5.41) is 7.01. The molecule has 0 saturated heterocycles. The fourth-order valence-electron chi connectivity index (χ4n) is 9.58. The fraction of sp³-hybridized carbons (Fsp3) is 0.0508. The molecule has 0 saturated carbocycles. The Morgan fingerprint density at radius 1 is 0.435 bits per heavy atom. The molecular weight excluding hydrogens is 755 g/mol. The number of fused-ring (bicyclic) bond motifs is 8. The number of benzene rings is 9. The first kappa shape index (κ1) is 36.0. The van der Waals surface area contributed by atoms with Gasteiger partial charge in [-0.15, -0.1) is 0 Å². The van der Waals surface area contributed by atoms with E-state index in [0.29, 0.717) is 0 Å². The normalized spacial score (nSPS) is 15.2. The van der Waals surface area contributed by atoms with Gasteiger partial charge in [0.05, 0.1) is 0 Å². The molecule has 11 aromatic rings. The van der Waals surface area contributed by atoms with Crippen molar-refractivity contribution in [1.82, 2.24) is 0 Å². The van der Waals surface area contributed by atoms with E-state index in [1.54, 1.807) is 0 Å². The summed E-state index contributed by atoms with van der Waals surface area (Å²) in [6.45, 7) is 2.33. The van der Waals surface area contributed by atoms with Gasteiger partial charge >= 0.3 is 0 Å². The van der Waals surface area contributed by atoms with Crippen LogP contribution in [0.15, 0.2) is 233 Å². The highest BCUT2D eigenvalue weighted by molar-refractivity contribution is 6.19. The first-order valence-electron chi connectivity index (χ1n) is 21.4. The van der Waals surface area contributed by atoms with Crippen molar-refractivity contribution in [2.45, 2.75) is 18.8 Å². The topological polar surface area (TPSA) is 29.5 Å². The van der Waals surface area contributed by atoms with Crippen LogP contribution >= 0.6 is 0 Å².